The van der Waals surface area contributed by atoms with Crippen molar-refractivity contribution in [3.05, 3.63) is 83.9 Å². The standard InChI is InChI=1S/C31H40N4O3/c1-22(2)21-32-17-10-18-33-29(37)27(20-23-15-16-24-11-8-9-14-26(24)19-23)34-30(38)31(3,4)35-28(36)25-12-6-5-7-13-25/h5-9,11-16,19,22,27,32H,10,17-18,20-21H2,1-4H3,(H,33,37)(H,34,38)(H,35,36). The van der Waals surface area contributed by atoms with Gasteiger partial charge < -0.3 is 21.3 Å². The Balaban J connectivity index is 1.69. The van der Waals surface area contributed by atoms with Gasteiger partial charge in [0.1, 0.15) is 11.6 Å². The third-order valence-corrected chi connectivity index (χ3v) is 6.29. The third-order valence-electron chi connectivity index (χ3n) is 6.29. The maximum atomic E-state index is 13.3. The fourth-order valence-electron chi connectivity index (χ4n) is 4.09. The lowest BCUT2D eigenvalue weighted by Crippen LogP contribution is -2.59. The molecule has 0 aliphatic heterocycles. The highest BCUT2D eigenvalue weighted by molar-refractivity contribution is 6.00. The molecule has 0 heterocycles. The minimum absolute atomic E-state index is 0.249. The van der Waals surface area contributed by atoms with E-state index in [1.54, 1.807) is 38.1 Å². The highest BCUT2D eigenvalue weighted by Gasteiger charge is 2.33. The van der Waals surface area contributed by atoms with E-state index in [0.29, 0.717) is 24.4 Å². The van der Waals surface area contributed by atoms with E-state index in [1.807, 2.05) is 48.5 Å². The highest BCUT2D eigenvalue weighted by atomic mass is 16.2. The van der Waals surface area contributed by atoms with Gasteiger partial charge in [-0.15, -0.1) is 0 Å². The second-order valence-electron chi connectivity index (χ2n) is 10.6. The lowest BCUT2D eigenvalue weighted by atomic mass is 9.98. The van der Waals surface area contributed by atoms with Crippen molar-refractivity contribution in [1.29, 1.82) is 0 Å². The van der Waals surface area contributed by atoms with Gasteiger partial charge in [0.05, 0.1) is 0 Å². The molecule has 3 aromatic rings. The molecule has 202 valence electrons. The minimum atomic E-state index is -1.23. The number of carbonyl (C=O) groups excluding carboxylic acids is 3. The Labute approximate surface area is 225 Å². The van der Waals surface area contributed by atoms with Crippen LogP contribution in [0.15, 0.2) is 72.8 Å². The Bertz CT molecular complexity index is 1220. The summed E-state index contributed by atoms with van der Waals surface area (Å²) in [6.07, 6.45) is 1.12. The first kappa shape index (κ1) is 28.9. The summed E-state index contributed by atoms with van der Waals surface area (Å²) >= 11 is 0. The third kappa shape index (κ3) is 8.70. The molecule has 38 heavy (non-hydrogen) atoms. The summed E-state index contributed by atoms with van der Waals surface area (Å²) < 4.78 is 0. The molecule has 4 N–H and O–H groups in total. The van der Waals surface area contributed by atoms with Crippen molar-refractivity contribution >= 4 is 28.5 Å². The maximum absolute atomic E-state index is 13.3. The van der Waals surface area contributed by atoms with Crippen molar-refractivity contribution in [2.24, 2.45) is 5.92 Å². The lowest BCUT2D eigenvalue weighted by Gasteiger charge is -2.28. The Kier molecular flexibility index (Phi) is 10.4. The van der Waals surface area contributed by atoms with Gasteiger partial charge in [0.2, 0.25) is 11.8 Å². The van der Waals surface area contributed by atoms with E-state index in [9.17, 15) is 14.4 Å². The second kappa shape index (κ2) is 13.7. The van der Waals surface area contributed by atoms with Crippen LogP contribution in [-0.4, -0.2) is 48.9 Å². The molecule has 0 radical (unpaired) electrons. The first-order valence-electron chi connectivity index (χ1n) is 13.3. The molecule has 7 heteroatoms. The number of hydrogen-bond donors (Lipinski definition) is 4. The summed E-state index contributed by atoms with van der Waals surface area (Å²) in [5.41, 5.74) is 0.175. The van der Waals surface area contributed by atoms with Gasteiger partial charge in [-0.25, -0.2) is 0 Å². The fraction of sp³-hybridized carbons (Fsp3) is 0.387. The van der Waals surface area contributed by atoms with Crippen LogP contribution in [-0.2, 0) is 16.0 Å². The van der Waals surface area contributed by atoms with Gasteiger partial charge >= 0.3 is 0 Å². The molecule has 0 aliphatic carbocycles. The van der Waals surface area contributed by atoms with Crippen LogP contribution < -0.4 is 21.3 Å². The monoisotopic (exact) mass is 516 g/mol. The van der Waals surface area contributed by atoms with Crippen molar-refractivity contribution in [2.75, 3.05) is 19.6 Å². The predicted molar refractivity (Wildman–Crippen MR) is 153 cm³/mol. The first-order chi connectivity index (χ1) is 18.2. The minimum Gasteiger partial charge on any atom is -0.354 e. The van der Waals surface area contributed by atoms with Crippen molar-refractivity contribution in [2.45, 2.75) is 52.1 Å². The van der Waals surface area contributed by atoms with E-state index in [2.05, 4.69) is 35.1 Å². The zero-order chi connectivity index (χ0) is 27.5. The molecule has 0 spiro atoms. The number of hydrogen-bond acceptors (Lipinski definition) is 4. The Morgan fingerprint density at radius 2 is 1.53 bits per heavy atom. The Morgan fingerprint density at radius 3 is 2.24 bits per heavy atom. The van der Waals surface area contributed by atoms with Crippen molar-refractivity contribution in [3.8, 4) is 0 Å². The SMILES string of the molecule is CC(C)CNCCCNC(=O)C(Cc1ccc2ccccc2c1)NC(=O)C(C)(C)NC(=O)c1ccccc1. The van der Waals surface area contributed by atoms with Crippen molar-refractivity contribution in [1.82, 2.24) is 21.3 Å². The zero-order valence-electron chi connectivity index (χ0n) is 22.8. The average molecular weight is 517 g/mol. The number of amides is 3. The van der Waals surface area contributed by atoms with Crippen LogP contribution in [0.3, 0.4) is 0 Å². The van der Waals surface area contributed by atoms with Crippen LogP contribution in [0.25, 0.3) is 10.8 Å². The van der Waals surface area contributed by atoms with E-state index in [4.69, 9.17) is 0 Å². The van der Waals surface area contributed by atoms with Crippen LogP contribution in [0.5, 0.6) is 0 Å². The van der Waals surface area contributed by atoms with Gasteiger partial charge in [0.15, 0.2) is 0 Å². The van der Waals surface area contributed by atoms with E-state index in [-0.39, 0.29) is 11.8 Å². The molecule has 7 nitrogen and oxygen atoms in total. The van der Waals surface area contributed by atoms with E-state index in [1.165, 1.54) is 0 Å². The molecule has 0 saturated carbocycles. The molecular weight excluding hydrogens is 476 g/mol. The van der Waals surface area contributed by atoms with Crippen LogP contribution in [0.2, 0.25) is 0 Å². The first-order valence-corrected chi connectivity index (χ1v) is 13.3. The summed E-state index contributed by atoms with van der Waals surface area (Å²) in [6.45, 7) is 9.81. The number of nitrogens with one attached hydrogen (secondary N) is 4. The summed E-state index contributed by atoms with van der Waals surface area (Å²) in [6, 6.07) is 22.0. The van der Waals surface area contributed by atoms with E-state index >= 15 is 0 Å². The summed E-state index contributed by atoms with van der Waals surface area (Å²) in [4.78, 5) is 39.2. The molecule has 3 aromatic carbocycles. The van der Waals surface area contributed by atoms with Crippen LogP contribution in [0, 0.1) is 5.92 Å². The molecule has 0 fully saturated rings. The largest absolute Gasteiger partial charge is 0.354 e. The van der Waals surface area contributed by atoms with Gasteiger partial charge in [-0.1, -0.05) is 74.5 Å². The normalized spacial score (nSPS) is 12.2. The van der Waals surface area contributed by atoms with E-state index < -0.39 is 17.5 Å². The molecule has 0 aliphatic rings. The summed E-state index contributed by atoms with van der Waals surface area (Å²) in [7, 11) is 0. The fourth-order valence-corrected chi connectivity index (χ4v) is 4.09. The van der Waals surface area contributed by atoms with Gasteiger partial charge in [0, 0.05) is 18.5 Å². The average Bonchev–Trinajstić information content (AvgIpc) is 2.90. The highest BCUT2D eigenvalue weighted by Crippen LogP contribution is 2.17. The van der Waals surface area contributed by atoms with E-state index in [0.717, 1.165) is 35.8 Å². The zero-order valence-corrected chi connectivity index (χ0v) is 22.8. The van der Waals surface area contributed by atoms with Crippen molar-refractivity contribution < 1.29 is 14.4 Å². The van der Waals surface area contributed by atoms with Crippen LogP contribution >= 0.6 is 0 Å². The molecule has 0 bridgehead atoms. The Morgan fingerprint density at radius 1 is 0.842 bits per heavy atom. The predicted octanol–water partition coefficient (Wildman–Crippen LogP) is 3.83. The molecule has 1 atom stereocenters. The summed E-state index contributed by atoms with van der Waals surface area (Å²) in [5.74, 6) is -0.464. The molecular formula is C31H40N4O3. The van der Waals surface area contributed by atoms with Gasteiger partial charge in [0.25, 0.3) is 5.91 Å². The molecule has 0 aromatic heterocycles. The van der Waals surface area contributed by atoms with Gasteiger partial charge in [-0.3, -0.25) is 14.4 Å². The second-order valence-corrected chi connectivity index (χ2v) is 10.6. The topological polar surface area (TPSA) is 99.3 Å². The smallest absolute Gasteiger partial charge is 0.252 e. The number of benzene rings is 3. The van der Waals surface area contributed by atoms with Crippen LogP contribution in [0.4, 0.5) is 0 Å². The molecule has 3 rings (SSSR count). The van der Waals surface area contributed by atoms with Gasteiger partial charge in [-0.2, -0.15) is 0 Å². The number of rotatable bonds is 13. The number of fused-ring (bicyclic) bond motifs is 1. The lowest BCUT2D eigenvalue weighted by molar-refractivity contribution is -0.131. The Hall–Kier alpha value is -3.71. The van der Waals surface area contributed by atoms with Crippen LogP contribution in [0.1, 0.15) is 50.0 Å². The summed E-state index contributed by atoms with van der Waals surface area (Å²) in [5, 5.41) is 14.2. The maximum Gasteiger partial charge on any atom is 0.252 e. The van der Waals surface area contributed by atoms with Crippen molar-refractivity contribution in [3.63, 3.8) is 0 Å². The molecule has 3 amide bonds. The number of carbonyl (C=O) groups is 3. The molecule has 0 saturated heterocycles. The quantitative estimate of drug-likeness (QED) is 0.260. The van der Waals surface area contributed by atoms with Gasteiger partial charge in [-0.05, 0) is 67.7 Å². The molecule has 1 unspecified atom stereocenters.